The lowest BCUT2D eigenvalue weighted by molar-refractivity contribution is -0.119. The number of amides is 1. The summed E-state index contributed by atoms with van der Waals surface area (Å²) >= 11 is 0. The summed E-state index contributed by atoms with van der Waals surface area (Å²) in [4.78, 5) is 27.7. The Morgan fingerprint density at radius 2 is 2.31 bits per heavy atom. The molecule has 1 aromatic heterocycles. The van der Waals surface area contributed by atoms with Crippen LogP contribution in [-0.4, -0.2) is 38.7 Å². The van der Waals surface area contributed by atoms with Gasteiger partial charge in [0.05, 0.1) is 11.9 Å². The van der Waals surface area contributed by atoms with Crippen molar-refractivity contribution in [1.82, 2.24) is 15.3 Å². The molecule has 0 bridgehead atoms. The minimum Gasteiger partial charge on any atom is -0.388 e. The molecule has 4 N–H and O–H groups in total. The van der Waals surface area contributed by atoms with Gasteiger partial charge in [-0.15, -0.1) is 0 Å². The van der Waals surface area contributed by atoms with Crippen LogP contribution in [0.2, 0.25) is 0 Å². The third kappa shape index (κ3) is 3.14. The van der Waals surface area contributed by atoms with Gasteiger partial charge in [0.15, 0.2) is 0 Å². The number of aromatic nitrogens is 2. The van der Waals surface area contributed by atoms with Crippen molar-refractivity contribution in [3.63, 3.8) is 0 Å². The zero-order valence-corrected chi connectivity index (χ0v) is 8.67. The second kappa shape index (κ2) is 5.38. The predicted molar refractivity (Wildman–Crippen MR) is 54.5 cm³/mol. The van der Waals surface area contributed by atoms with Crippen LogP contribution in [0.25, 0.3) is 0 Å². The van der Waals surface area contributed by atoms with Crippen molar-refractivity contribution in [2.45, 2.75) is 19.1 Å². The molecule has 0 fully saturated rings. The van der Waals surface area contributed by atoms with E-state index in [0.29, 0.717) is 0 Å². The zero-order valence-electron chi connectivity index (χ0n) is 8.67. The molecule has 0 aliphatic heterocycles. The topological polar surface area (TPSA) is 115 Å². The third-order valence-electron chi connectivity index (χ3n) is 1.99. The third-order valence-corrected chi connectivity index (χ3v) is 1.99. The van der Waals surface area contributed by atoms with E-state index in [0.717, 1.165) is 0 Å². The number of aliphatic hydroxyl groups is 2. The van der Waals surface area contributed by atoms with Crippen LogP contribution < -0.4 is 10.9 Å². The Labute approximate surface area is 91.2 Å². The van der Waals surface area contributed by atoms with Crippen LogP contribution in [-0.2, 0) is 4.79 Å². The first-order valence-electron chi connectivity index (χ1n) is 4.65. The van der Waals surface area contributed by atoms with Crippen molar-refractivity contribution in [1.29, 1.82) is 0 Å². The van der Waals surface area contributed by atoms with Crippen molar-refractivity contribution >= 4 is 5.91 Å². The number of hydrogen-bond acceptors (Lipinski definition) is 5. The molecule has 0 aliphatic rings. The first-order chi connectivity index (χ1) is 7.52. The number of aromatic amines is 1. The summed E-state index contributed by atoms with van der Waals surface area (Å²) < 4.78 is 0. The Bertz CT molecular complexity index is 417. The Kier molecular flexibility index (Phi) is 4.15. The van der Waals surface area contributed by atoms with E-state index in [9.17, 15) is 19.8 Å². The van der Waals surface area contributed by atoms with Gasteiger partial charge < -0.3 is 20.5 Å². The van der Waals surface area contributed by atoms with Gasteiger partial charge in [-0.25, -0.2) is 4.98 Å². The average molecular weight is 227 g/mol. The monoisotopic (exact) mass is 227 g/mol. The highest BCUT2D eigenvalue weighted by molar-refractivity contribution is 5.72. The molecule has 1 heterocycles. The highest BCUT2D eigenvalue weighted by Crippen LogP contribution is 2.10. The smallest absolute Gasteiger partial charge is 0.256 e. The van der Waals surface area contributed by atoms with Crippen molar-refractivity contribution in [2.75, 3.05) is 6.54 Å². The van der Waals surface area contributed by atoms with Crippen LogP contribution >= 0.6 is 0 Å². The maximum absolute atomic E-state index is 11.2. The molecule has 0 aliphatic carbocycles. The Morgan fingerprint density at radius 3 is 2.88 bits per heavy atom. The summed E-state index contributed by atoms with van der Waals surface area (Å²) in [6.07, 6.45) is -0.294. The van der Waals surface area contributed by atoms with E-state index >= 15 is 0 Å². The summed E-state index contributed by atoms with van der Waals surface area (Å²) in [5.41, 5.74) is -0.565. The van der Waals surface area contributed by atoms with Crippen molar-refractivity contribution in [3.05, 3.63) is 28.4 Å². The lowest BCUT2D eigenvalue weighted by atomic mass is 10.1. The van der Waals surface area contributed by atoms with Gasteiger partial charge in [-0.1, -0.05) is 0 Å². The number of hydrogen-bond donors (Lipinski definition) is 4. The molecule has 2 atom stereocenters. The number of carbonyl (C=O) groups is 1. The molecule has 7 nitrogen and oxygen atoms in total. The number of nitrogens with zero attached hydrogens (tertiary/aromatic N) is 1. The fourth-order valence-corrected chi connectivity index (χ4v) is 1.13. The molecule has 16 heavy (non-hydrogen) atoms. The van der Waals surface area contributed by atoms with E-state index < -0.39 is 17.8 Å². The standard InChI is InChI=1S/C9H13N3O4/c1-5(13)11-3-7(14)8(15)6-2-10-4-12-9(6)16/h2,4,7-8,14-15H,3H2,1H3,(H,11,13)(H,10,12,16). The summed E-state index contributed by atoms with van der Waals surface area (Å²) in [7, 11) is 0. The van der Waals surface area contributed by atoms with Gasteiger partial charge in [-0.3, -0.25) is 9.59 Å². The zero-order chi connectivity index (χ0) is 12.1. The maximum Gasteiger partial charge on any atom is 0.256 e. The van der Waals surface area contributed by atoms with Crippen LogP contribution in [0.5, 0.6) is 0 Å². The molecule has 0 saturated heterocycles. The first-order valence-corrected chi connectivity index (χ1v) is 4.65. The molecule has 1 amide bonds. The molecule has 0 aromatic carbocycles. The van der Waals surface area contributed by atoms with Crippen LogP contribution in [0, 0.1) is 0 Å². The number of nitrogens with one attached hydrogen (secondary N) is 2. The maximum atomic E-state index is 11.2. The molecular weight excluding hydrogens is 214 g/mol. The summed E-state index contributed by atoms with van der Waals surface area (Å²) in [6, 6.07) is 0. The van der Waals surface area contributed by atoms with E-state index in [2.05, 4.69) is 15.3 Å². The van der Waals surface area contributed by atoms with Gasteiger partial charge in [0.25, 0.3) is 5.56 Å². The second-order valence-electron chi connectivity index (χ2n) is 3.29. The normalized spacial score (nSPS) is 14.2. The lowest BCUT2D eigenvalue weighted by Crippen LogP contribution is -2.36. The molecule has 7 heteroatoms. The first kappa shape index (κ1) is 12.3. The number of aliphatic hydroxyl groups excluding tert-OH is 2. The highest BCUT2D eigenvalue weighted by atomic mass is 16.3. The van der Waals surface area contributed by atoms with E-state index in [1.807, 2.05) is 0 Å². The van der Waals surface area contributed by atoms with Crippen molar-refractivity contribution in [3.8, 4) is 0 Å². The second-order valence-corrected chi connectivity index (χ2v) is 3.29. The van der Waals surface area contributed by atoms with Crippen LogP contribution in [0.3, 0.4) is 0 Å². The van der Waals surface area contributed by atoms with Crippen molar-refractivity contribution < 1.29 is 15.0 Å². The largest absolute Gasteiger partial charge is 0.388 e. The van der Waals surface area contributed by atoms with Crippen LogP contribution in [0.4, 0.5) is 0 Å². The van der Waals surface area contributed by atoms with Gasteiger partial charge in [0.2, 0.25) is 5.91 Å². The Balaban J connectivity index is 2.70. The lowest BCUT2D eigenvalue weighted by Gasteiger charge is -2.16. The summed E-state index contributed by atoms with van der Waals surface area (Å²) in [5, 5.41) is 21.5. The SMILES string of the molecule is CC(=O)NCC(O)C(O)c1cnc[nH]c1=O. The molecule has 1 rings (SSSR count). The van der Waals surface area contributed by atoms with Gasteiger partial charge in [0, 0.05) is 19.7 Å². The van der Waals surface area contributed by atoms with Crippen LogP contribution in [0.1, 0.15) is 18.6 Å². The van der Waals surface area contributed by atoms with Crippen molar-refractivity contribution in [2.24, 2.45) is 0 Å². The predicted octanol–water partition coefficient (Wildman–Crippen LogP) is -1.70. The average Bonchev–Trinajstić information content (AvgIpc) is 2.25. The Morgan fingerprint density at radius 1 is 1.62 bits per heavy atom. The van der Waals surface area contributed by atoms with Gasteiger partial charge >= 0.3 is 0 Å². The minimum atomic E-state index is -1.38. The van der Waals surface area contributed by atoms with Gasteiger partial charge in [-0.05, 0) is 0 Å². The molecule has 1 aromatic rings. The molecule has 0 radical (unpaired) electrons. The number of H-pyrrole nitrogens is 1. The highest BCUT2D eigenvalue weighted by Gasteiger charge is 2.21. The van der Waals surface area contributed by atoms with E-state index in [4.69, 9.17) is 0 Å². The molecule has 2 unspecified atom stereocenters. The molecular formula is C9H13N3O4. The number of rotatable bonds is 4. The summed E-state index contributed by atoms with van der Waals surface area (Å²) in [6.45, 7) is 1.15. The van der Waals surface area contributed by atoms with Gasteiger partial charge in [0.1, 0.15) is 12.2 Å². The Hall–Kier alpha value is -1.73. The molecule has 0 saturated carbocycles. The molecule has 0 spiro atoms. The fraction of sp³-hybridized carbons (Fsp3) is 0.444. The fourth-order valence-electron chi connectivity index (χ4n) is 1.13. The molecule has 88 valence electrons. The summed E-state index contributed by atoms with van der Waals surface area (Å²) in [5.74, 6) is -0.327. The minimum absolute atomic E-state index is 0.0413. The number of carbonyl (C=O) groups excluding carboxylic acids is 1. The van der Waals surface area contributed by atoms with Crippen LogP contribution in [0.15, 0.2) is 17.3 Å². The van der Waals surface area contributed by atoms with E-state index in [1.165, 1.54) is 19.4 Å². The quantitative estimate of drug-likeness (QED) is 0.489. The van der Waals surface area contributed by atoms with E-state index in [1.54, 1.807) is 0 Å². The van der Waals surface area contributed by atoms with Gasteiger partial charge in [-0.2, -0.15) is 0 Å². The van der Waals surface area contributed by atoms with E-state index in [-0.39, 0.29) is 18.0 Å².